The van der Waals surface area contributed by atoms with E-state index in [0.717, 1.165) is 11.3 Å². The van der Waals surface area contributed by atoms with E-state index in [2.05, 4.69) is 15.2 Å². The molecule has 0 atom stereocenters. The average Bonchev–Trinajstić information content (AvgIpc) is 2.45. The van der Waals surface area contributed by atoms with Crippen LogP contribution in [0.15, 0.2) is 11.1 Å². The number of hydrogen-bond donors (Lipinski definition) is 2. The van der Waals surface area contributed by atoms with Crippen molar-refractivity contribution >= 4 is 21.1 Å². The zero-order valence-corrected chi connectivity index (χ0v) is 9.09. The molecule has 0 amide bonds. The Kier molecular flexibility index (Phi) is 2.02. The number of aryl methyl sites for hydroxylation is 2. The molecule has 0 fully saturated rings. The van der Waals surface area contributed by atoms with Crippen molar-refractivity contribution < 1.29 is 8.42 Å². The van der Waals surface area contributed by atoms with Crippen molar-refractivity contribution in [2.24, 2.45) is 5.14 Å². The molecule has 7 heteroatoms. The summed E-state index contributed by atoms with van der Waals surface area (Å²) in [4.78, 5) is 4.11. The quantitative estimate of drug-likeness (QED) is 0.726. The lowest BCUT2D eigenvalue weighted by atomic mass is 10.2. The molecule has 0 saturated heterocycles. The monoisotopic (exact) mass is 226 g/mol. The Bertz CT molecular complexity index is 629. The number of sulfonamides is 1. The lowest BCUT2D eigenvalue weighted by Gasteiger charge is -1.99. The smallest absolute Gasteiger partial charge is 0.255 e. The highest BCUT2D eigenvalue weighted by atomic mass is 32.2. The van der Waals surface area contributed by atoms with Crippen molar-refractivity contribution in [3.63, 3.8) is 0 Å². The minimum atomic E-state index is -3.78. The van der Waals surface area contributed by atoms with Crippen LogP contribution in [-0.4, -0.2) is 23.6 Å². The van der Waals surface area contributed by atoms with Gasteiger partial charge >= 0.3 is 0 Å². The van der Waals surface area contributed by atoms with Gasteiger partial charge in [-0.1, -0.05) is 0 Å². The van der Waals surface area contributed by atoms with Crippen LogP contribution in [0.1, 0.15) is 11.3 Å². The molecule has 0 aromatic carbocycles. The first-order valence-corrected chi connectivity index (χ1v) is 5.79. The molecule has 0 spiro atoms. The number of aromatic amines is 1. The van der Waals surface area contributed by atoms with Crippen molar-refractivity contribution in [1.82, 2.24) is 15.2 Å². The molecule has 6 nitrogen and oxygen atoms in total. The van der Waals surface area contributed by atoms with Gasteiger partial charge in [0.1, 0.15) is 0 Å². The summed E-state index contributed by atoms with van der Waals surface area (Å²) in [5.41, 5.74) is 1.94. The molecule has 0 aliphatic carbocycles. The number of nitrogens with two attached hydrogens (primary N) is 1. The van der Waals surface area contributed by atoms with Crippen molar-refractivity contribution in [3.05, 3.63) is 17.3 Å². The zero-order chi connectivity index (χ0) is 11.2. The van der Waals surface area contributed by atoms with E-state index in [1.54, 1.807) is 13.0 Å². The fourth-order valence-corrected chi connectivity index (χ4v) is 2.25. The number of primary sulfonamides is 1. The second kappa shape index (κ2) is 3.01. The fourth-order valence-electron chi connectivity index (χ4n) is 1.54. The molecule has 2 rings (SSSR count). The minimum Gasteiger partial charge on any atom is -0.263 e. The van der Waals surface area contributed by atoms with E-state index < -0.39 is 10.0 Å². The van der Waals surface area contributed by atoms with E-state index in [1.165, 1.54) is 0 Å². The Labute approximate surface area is 86.6 Å². The van der Waals surface area contributed by atoms with Crippen LogP contribution in [-0.2, 0) is 10.0 Å². The Morgan fingerprint density at radius 2 is 2.07 bits per heavy atom. The topological polar surface area (TPSA) is 102 Å². The van der Waals surface area contributed by atoms with Crippen LogP contribution in [0, 0.1) is 13.8 Å². The van der Waals surface area contributed by atoms with Crippen molar-refractivity contribution in [2.45, 2.75) is 18.9 Å². The van der Waals surface area contributed by atoms with Gasteiger partial charge in [0.2, 0.25) is 0 Å². The highest BCUT2D eigenvalue weighted by molar-refractivity contribution is 7.89. The van der Waals surface area contributed by atoms with Gasteiger partial charge < -0.3 is 0 Å². The molecule has 0 aliphatic rings. The first-order valence-electron chi connectivity index (χ1n) is 4.24. The Morgan fingerprint density at radius 3 is 2.67 bits per heavy atom. The third-order valence-corrected chi connectivity index (χ3v) is 2.96. The van der Waals surface area contributed by atoms with E-state index in [4.69, 9.17) is 5.14 Å². The van der Waals surface area contributed by atoms with E-state index >= 15 is 0 Å². The maximum atomic E-state index is 11.2. The van der Waals surface area contributed by atoms with E-state index in [1.807, 2.05) is 6.92 Å². The number of aromatic nitrogens is 3. The number of hydrogen-bond acceptors (Lipinski definition) is 4. The van der Waals surface area contributed by atoms with Gasteiger partial charge in [-0.25, -0.2) is 18.5 Å². The first kappa shape index (κ1) is 10.1. The molecule has 3 N–H and O–H groups in total. The standard InChI is InChI=1S/C8H10N4O2S/c1-4-3-5(2)10-7-6(4)8(12-11-7)15(9,13)14/h3H,1-2H3,(H2,9,13,14)(H,10,11,12). The molecule has 2 aromatic heterocycles. The SMILES string of the molecule is Cc1cc(C)c2c(S(N)(=O)=O)[nH]nc2n1. The van der Waals surface area contributed by atoms with Gasteiger partial charge in [-0.15, -0.1) is 0 Å². The third kappa shape index (κ3) is 1.59. The predicted molar refractivity (Wildman–Crippen MR) is 54.7 cm³/mol. The molecule has 0 unspecified atom stereocenters. The van der Waals surface area contributed by atoms with Crippen molar-refractivity contribution in [3.8, 4) is 0 Å². The number of H-pyrrole nitrogens is 1. The summed E-state index contributed by atoms with van der Waals surface area (Å²) in [5.74, 6) is 0. The maximum absolute atomic E-state index is 11.2. The van der Waals surface area contributed by atoms with Crippen LogP contribution in [0.5, 0.6) is 0 Å². The van der Waals surface area contributed by atoms with Crippen LogP contribution in [0.4, 0.5) is 0 Å². The van der Waals surface area contributed by atoms with Gasteiger partial charge in [0.15, 0.2) is 10.7 Å². The summed E-state index contributed by atoms with van der Waals surface area (Å²) in [7, 11) is -3.78. The van der Waals surface area contributed by atoms with Gasteiger partial charge in [-0.2, -0.15) is 5.10 Å². The number of nitrogens with zero attached hydrogens (tertiary/aromatic N) is 2. The molecule has 0 radical (unpaired) electrons. The average molecular weight is 226 g/mol. The fraction of sp³-hybridized carbons (Fsp3) is 0.250. The van der Waals surface area contributed by atoms with Gasteiger partial charge in [0.25, 0.3) is 10.0 Å². The molecule has 15 heavy (non-hydrogen) atoms. The molecule has 0 aliphatic heterocycles. The summed E-state index contributed by atoms with van der Waals surface area (Å²) in [6, 6.07) is 1.78. The van der Waals surface area contributed by atoms with Gasteiger partial charge in [0, 0.05) is 5.69 Å². The van der Waals surface area contributed by atoms with Gasteiger partial charge in [-0.3, -0.25) is 5.10 Å². The van der Waals surface area contributed by atoms with Crippen LogP contribution < -0.4 is 5.14 Å². The van der Waals surface area contributed by atoms with E-state index in [9.17, 15) is 8.42 Å². The third-order valence-electron chi connectivity index (χ3n) is 2.10. The number of rotatable bonds is 1. The zero-order valence-electron chi connectivity index (χ0n) is 8.27. The van der Waals surface area contributed by atoms with Gasteiger partial charge in [0.05, 0.1) is 5.39 Å². The van der Waals surface area contributed by atoms with Crippen molar-refractivity contribution in [1.29, 1.82) is 0 Å². The van der Waals surface area contributed by atoms with E-state index in [-0.39, 0.29) is 5.03 Å². The Hall–Kier alpha value is -1.47. The molecule has 0 saturated carbocycles. The molecule has 2 aromatic rings. The number of fused-ring (bicyclic) bond motifs is 1. The molecular weight excluding hydrogens is 216 g/mol. The first-order chi connectivity index (χ1) is 6.89. The molecule has 2 heterocycles. The van der Waals surface area contributed by atoms with Crippen molar-refractivity contribution in [2.75, 3.05) is 0 Å². The lowest BCUT2D eigenvalue weighted by molar-refractivity contribution is 0.594. The summed E-state index contributed by atoms with van der Waals surface area (Å²) >= 11 is 0. The second-order valence-electron chi connectivity index (χ2n) is 3.38. The summed E-state index contributed by atoms with van der Waals surface area (Å²) < 4.78 is 22.4. The minimum absolute atomic E-state index is 0.0810. The molecule has 80 valence electrons. The molecule has 0 bridgehead atoms. The van der Waals surface area contributed by atoms with Crippen LogP contribution >= 0.6 is 0 Å². The summed E-state index contributed by atoms with van der Waals surface area (Å²) in [6.45, 7) is 3.61. The highest BCUT2D eigenvalue weighted by Gasteiger charge is 2.18. The number of nitrogens with one attached hydrogen (secondary N) is 1. The number of pyridine rings is 1. The van der Waals surface area contributed by atoms with Crippen LogP contribution in [0.25, 0.3) is 11.0 Å². The maximum Gasteiger partial charge on any atom is 0.255 e. The lowest BCUT2D eigenvalue weighted by Crippen LogP contribution is -2.13. The summed E-state index contributed by atoms with van der Waals surface area (Å²) in [5, 5.41) is 11.6. The Morgan fingerprint density at radius 1 is 1.40 bits per heavy atom. The normalized spacial score (nSPS) is 12.2. The van der Waals surface area contributed by atoms with Gasteiger partial charge in [-0.05, 0) is 25.5 Å². The predicted octanol–water partition coefficient (Wildman–Crippen LogP) is 0.222. The van der Waals surface area contributed by atoms with Crippen LogP contribution in [0.2, 0.25) is 0 Å². The van der Waals surface area contributed by atoms with E-state index in [0.29, 0.717) is 11.0 Å². The Balaban J connectivity index is 2.93. The molecular formula is C8H10N4O2S. The second-order valence-corrected chi connectivity index (χ2v) is 4.88. The summed E-state index contributed by atoms with van der Waals surface area (Å²) in [6.07, 6.45) is 0. The largest absolute Gasteiger partial charge is 0.263 e. The van der Waals surface area contributed by atoms with Crippen LogP contribution in [0.3, 0.4) is 0 Å². The highest BCUT2D eigenvalue weighted by Crippen LogP contribution is 2.21.